The fraction of sp³-hybridized carbons (Fsp3) is 0.200. The van der Waals surface area contributed by atoms with Gasteiger partial charge in [-0.05, 0) is 42.8 Å². The van der Waals surface area contributed by atoms with E-state index in [2.05, 4.69) is 10.1 Å². The van der Waals surface area contributed by atoms with Gasteiger partial charge in [0, 0.05) is 17.2 Å². The summed E-state index contributed by atoms with van der Waals surface area (Å²) in [6.45, 7) is 1.33. The van der Waals surface area contributed by atoms with E-state index in [1.165, 1.54) is 18.2 Å². The van der Waals surface area contributed by atoms with Crippen molar-refractivity contribution in [2.45, 2.75) is 24.5 Å². The second-order valence-corrected chi connectivity index (χ2v) is 9.79. The van der Waals surface area contributed by atoms with Gasteiger partial charge in [-0.25, -0.2) is 8.42 Å². The van der Waals surface area contributed by atoms with Crippen molar-refractivity contribution in [2.24, 2.45) is 10.7 Å². The van der Waals surface area contributed by atoms with Crippen LogP contribution in [-0.4, -0.2) is 31.7 Å². The summed E-state index contributed by atoms with van der Waals surface area (Å²) in [5.74, 6) is 0.472. The molecule has 0 amide bonds. The lowest BCUT2D eigenvalue weighted by Gasteiger charge is -2.07. The molecule has 0 aliphatic rings. The Labute approximate surface area is 180 Å². The van der Waals surface area contributed by atoms with Crippen LogP contribution in [0.5, 0.6) is 0 Å². The van der Waals surface area contributed by atoms with E-state index in [-0.39, 0.29) is 22.8 Å². The number of nitrogens with zero attached hydrogens (tertiary/aromatic N) is 2. The Morgan fingerprint density at radius 3 is 2.61 bits per heavy atom. The Bertz CT molecular complexity index is 1260. The average Bonchev–Trinajstić information content (AvgIpc) is 3.33. The van der Waals surface area contributed by atoms with E-state index in [4.69, 9.17) is 10.3 Å². The van der Waals surface area contributed by atoms with Crippen molar-refractivity contribution >= 4 is 32.6 Å². The topological polar surface area (TPSA) is 98.5 Å². The van der Waals surface area contributed by atoms with Gasteiger partial charge in [0.05, 0.1) is 22.0 Å². The van der Waals surface area contributed by atoms with Crippen LogP contribution < -0.4 is 5.73 Å². The van der Waals surface area contributed by atoms with Crippen LogP contribution in [0.25, 0.3) is 16.1 Å². The van der Waals surface area contributed by atoms with Gasteiger partial charge in [0.2, 0.25) is 0 Å². The molecule has 3 aromatic rings. The molecule has 0 fully saturated rings. The van der Waals surface area contributed by atoms with Crippen LogP contribution in [0, 0.1) is 6.92 Å². The highest BCUT2D eigenvalue weighted by molar-refractivity contribution is 7.90. The van der Waals surface area contributed by atoms with Gasteiger partial charge in [0.25, 0.3) is 0 Å². The highest BCUT2D eigenvalue weighted by atomic mass is 32.2. The summed E-state index contributed by atoms with van der Waals surface area (Å²) in [6.07, 6.45) is -2.83. The first-order chi connectivity index (χ1) is 14.4. The Balaban J connectivity index is 1.89. The largest absolute Gasteiger partial charge is 0.432 e. The zero-order chi connectivity index (χ0) is 22.8. The number of benzene rings is 1. The molecule has 0 unspecified atom stereocenters. The number of aromatic nitrogens is 1. The van der Waals surface area contributed by atoms with Crippen LogP contribution in [0.3, 0.4) is 0 Å². The average molecular weight is 470 g/mol. The molecule has 2 N–H and O–H groups in total. The predicted molar refractivity (Wildman–Crippen MR) is 113 cm³/mol. The van der Waals surface area contributed by atoms with Gasteiger partial charge in [-0.2, -0.15) is 13.2 Å². The van der Waals surface area contributed by atoms with Crippen LogP contribution in [0.15, 0.2) is 63.0 Å². The van der Waals surface area contributed by atoms with Crippen molar-refractivity contribution < 1.29 is 26.1 Å². The molecule has 0 saturated carbocycles. The number of aryl methyl sites for hydroxylation is 1. The highest BCUT2D eigenvalue weighted by Gasteiger charge is 2.34. The minimum Gasteiger partial charge on any atom is -0.398 e. The molecule has 11 heteroatoms. The maximum absolute atomic E-state index is 13.4. The summed E-state index contributed by atoms with van der Waals surface area (Å²) >= 11 is 1.15. The first-order valence-electron chi connectivity index (χ1n) is 8.85. The van der Waals surface area contributed by atoms with Gasteiger partial charge in [-0.15, -0.1) is 11.3 Å². The van der Waals surface area contributed by atoms with Crippen molar-refractivity contribution in [1.29, 1.82) is 0 Å². The number of nitrogens with two attached hydrogens (primary N) is 1. The van der Waals surface area contributed by atoms with Crippen LogP contribution in [-0.2, 0) is 16.4 Å². The molecule has 0 radical (unpaired) electrons. The number of sulfone groups is 1. The molecule has 0 spiro atoms. The molecular weight excluding hydrogens is 451 g/mol. The van der Waals surface area contributed by atoms with E-state index in [0.717, 1.165) is 23.7 Å². The minimum atomic E-state index is -4.70. The predicted octanol–water partition coefficient (Wildman–Crippen LogP) is 4.62. The van der Waals surface area contributed by atoms with Crippen molar-refractivity contribution in [2.75, 3.05) is 6.26 Å². The Kier molecular flexibility index (Phi) is 6.37. The number of hydrogen-bond acceptors (Lipinski definition) is 7. The molecule has 2 aromatic heterocycles. The quantitative estimate of drug-likeness (QED) is 0.531. The standard InChI is InChI=1S/C20H18F3N3O3S2/c1-12-8-14(26-29-12)11-25-19(20(21,22)23)10-16(24)18-7-6-17(30-18)13-4-3-5-15(9-13)31(2,27)28/h3-10H,11,24H2,1-2H3. The summed E-state index contributed by atoms with van der Waals surface area (Å²) in [6, 6.07) is 11.0. The summed E-state index contributed by atoms with van der Waals surface area (Å²) < 4.78 is 68.5. The minimum absolute atomic E-state index is 0.108. The van der Waals surface area contributed by atoms with E-state index in [1.54, 1.807) is 31.2 Å². The molecule has 0 bridgehead atoms. The maximum Gasteiger partial charge on any atom is 0.432 e. The molecule has 0 aliphatic heterocycles. The number of halogens is 3. The van der Waals surface area contributed by atoms with E-state index in [0.29, 0.717) is 21.1 Å². The monoisotopic (exact) mass is 469 g/mol. The van der Waals surface area contributed by atoms with Crippen LogP contribution in [0.2, 0.25) is 0 Å². The summed E-state index contributed by atoms with van der Waals surface area (Å²) in [5.41, 5.74) is 5.57. The first-order valence-corrected chi connectivity index (χ1v) is 11.6. The van der Waals surface area contributed by atoms with Crippen molar-refractivity contribution in [3.63, 3.8) is 0 Å². The number of allylic oxidation sites excluding steroid dienone is 1. The number of thiophene rings is 1. The van der Waals surface area contributed by atoms with Gasteiger partial charge in [0.15, 0.2) is 9.84 Å². The second-order valence-electron chi connectivity index (χ2n) is 6.69. The molecule has 2 heterocycles. The molecule has 164 valence electrons. The van der Waals surface area contributed by atoms with Gasteiger partial charge in [0.1, 0.15) is 17.2 Å². The molecule has 6 nitrogen and oxygen atoms in total. The van der Waals surface area contributed by atoms with Crippen LogP contribution in [0.4, 0.5) is 13.2 Å². The van der Waals surface area contributed by atoms with E-state index >= 15 is 0 Å². The number of aliphatic imine (C=N–C) groups is 1. The fourth-order valence-corrected chi connectivity index (χ4v) is 4.22. The summed E-state index contributed by atoms with van der Waals surface area (Å²) in [5, 5.41) is 3.63. The smallest absolute Gasteiger partial charge is 0.398 e. The molecule has 3 rings (SSSR count). The number of hydrogen-bond donors (Lipinski definition) is 1. The molecule has 31 heavy (non-hydrogen) atoms. The molecule has 0 atom stereocenters. The van der Waals surface area contributed by atoms with Gasteiger partial charge < -0.3 is 10.3 Å². The van der Waals surface area contributed by atoms with E-state index < -0.39 is 21.7 Å². The zero-order valence-corrected chi connectivity index (χ0v) is 18.1. The lowest BCUT2D eigenvalue weighted by molar-refractivity contribution is -0.0579. The molecule has 1 aromatic carbocycles. The normalized spacial score (nSPS) is 13.6. The fourth-order valence-electron chi connectivity index (χ4n) is 2.62. The van der Waals surface area contributed by atoms with Crippen LogP contribution >= 0.6 is 11.3 Å². The maximum atomic E-state index is 13.4. The van der Waals surface area contributed by atoms with Crippen LogP contribution in [0.1, 0.15) is 16.3 Å². The van der Waals surface area contributed by atoms with Crippen molar-refractivity contribution in [3.8, 4) is 10.4 Å². The summed E-state index contributed by atoms with van der Waals surface area (Å²) in [4.78, 5) is 4.81. The van der Waals surface area contributed by atoms with Crippen molar-refractivity contribution in [1.82, 2.24) is 5.16 Å². The van der Waals surface area contributed by atoms with E-state index in [9.17, 15) is 21.6 Å². The summed E-state index contributed by atoms with van der Waals surface area (Å²) in [7, 11) is -3.39. The zero-order valence-electron chi connectivity index (χ0n) is 16.5. The van der Waals surface area contributed by atoms with Gasteiger partial charge >= 0.3 is 6.18 Å². The number of alkyl halides is 3. The van der Waals surface area contributed by atoms with E-state index in [1.807, 2.05) is 0 Å². The van der Waals surface area contributed by atoms with Gasteiger partial charge in [-0.1, -0.05) is 17.3 Å². The Morgan fingerprint density at radius 2 is 2.00 bits per heavy atom. The third kappa shape index (κ3) is 5.82. The second kappa shape index (κ2) is 8.67. The Morgan fingerprint density at radius 1 is 1.26 bits per heavy atom. The first kappa shape index (κ1) is 22.8. The third-order valence-electron chi connectivity index (χ3n) is 4.11. The van der Waals surface area contributed by atoms with Gasteiger partial charge in [-0.3, -0.25) is 4.99 Å². The molecular formula is C20H18F3N3O3S2. The number of rotatable bonds is 6. The Hall–Kier alpha value is -2.92. The molecule has 0 aliphatic carbocycles. The lowest BCUT2D eigenvalue weighted by Crippen LogP contribution is -2.22. The SMILES string of the molecule is Cc1cc(CN=C(C=C(N)c2ccc(-c3cccc(S(C)(=O)=O)c3)s2)C(F)(F)F)no1. The lowest BCUT2D eigenvalue weighted by atomic mass is 10.2. The molecule has 0 saturated heterocycles. The highest BCUT2D eigenvalue weighted by Crippen LogP contribution is 2.32. The third-order valence-corrected chi connectivity index (χ3v) is 6.40. The van der Waals surface area contributed by atoms with Crippen molar-refractivity contribution in [3.05, 3.63) is 64.9 Å².